The van der Waals surface area contributed by atoms with Gasteiger partial charge in [-0.2, -0.15) is 0 Å². The number of carbonyl (C=O) groups excluding carboxylic acids is 5. The minimum absolute atomic E-state index is 0.00781. The van der Waals surface area contributed by atoms with Crippen LogP contribution in [0.2, 0.25) is 0 Å². The molecule has 54 heavy (non-hydrogen) atoms. The molecule has 5 amide bonds. The summed E-state index contributed by atoms with van der Waals surface area (Å²) in [5.41, 5.74) is 16.7. The number of rotatable bonds is 8. The lowest BCUT2D eigenvalue weighted by molar-refractivity contribution is -0.128. The molecule has 2 aromatic carbocycles. The van der Waals surface area contributed by atoms with Crippen molar-refractivity contribution < 1.29 is 24.0 Å². The molecule has 0 saturated carbocycles. The van der Waals surface area contributed by atoms with Crippen LogP contribution in [0.5, 0.6) is 0 Å². The number of nitrogens with two attached hydrogens (primary N) is 2. The Bertz CT molecular complexity index is 2090. The number of nitrogens with one attached hydrogen (secondary N) is 4. The van der Waals surface area contributed by atoms with Gasteiger partial charge in [-0.3, -0.25) is 24.0 Å². The maximum atomic E-state index is 14.0. The highest BCUT2D eigenvalue weighted by Crippen LogP contribution is 2.34. The zero-order valence-electron chi connectivity index (χ0n) is 31.3. The van der Waals surface area contributed by atoms with Crippen molar-refractivity contribution in [2.24, 2.45) is 11.5 Å². The summed E-state index contributed by atoms with van der Waals surface area (Å²) in [5.74, 6) is -1.68. The predicted molar refractivity (Wildman–Crippen MR) is 203 cm³/mol. The van der Waals surface area contributed by atoms with Gasteiger partial charge >= 0.3 is 0 Å². The zero-order chi connectivity index (χ0) is 39.3. The molecule has 2 atom stereocenters. The minimum atomic E-state index is -1.05. The van der Waals surface area contributed by atoms with Crippen molar-refractivity contribution in [3.05, 3.63) is 88.3 Å². The summed E-state index contributed by atoms with van der Waals surface area (Å²) in [7, 11) is 0. The number of anilines is 1. The van der Waals surface area contributed by atoms with Gasteiger partial charge in [0, 0.05) is 29.8 Å². The van der Waals surface area contributed by atoms with Crippen molar-refractivity contribution in [2.45, 2.75) is 78.3 Å². The minimum Gasteiger partial charge on any atom is -0.368 e. The van der Waals surface area contributed by atoms with Crippen molar-refractivity contribution >= 4 is 35.2 Å². The summed E-state index contributed by atoms with van der Waals surface area (Å²) in [5, 5.41) is 11.0. The van der Waals surface area contributed by atoms with E-state index in [9.17, 15) is 24.0 Å². The molecule has 15 nitrogen and oxygen atoms in total. The largest absolute Gasteiger partial charge is 0.368 e. The highest BCUT2D eigenvalue weighted by molar-refractivity contribution is 6.04. The maximum absolute atomic E-state index is 14.0. The Kier molecular flexibility index (Phi) is 11.8. The van der Waals surface area contributed by atoms with E-state index >= 15 is 0 Å². The molecule has 15 heteroatoms. The molecular weight excluding hydrogens is 688 g/mol. The summed E-state index contributed by atoms with van der Waals surface area (Å²) in [6.45, 7) is 11.0. The average Bonchev–Trinajstić information content (AvgIpc) is 3.10. The van der Waals surface area contributed by atoms with Gasteiger partial charge in [0.1, 0.15) is 17.9 Å². The maximum Gasteiger partial charge on any atom is 0.255 e. The molecule has 282 valence electrons. The van der Waals surface area contributed by atoms with E-state index < -0.39 is 35.7 Å². The van der Waals surface area contributed by atoms with Crippen molar-refractivity contribution in [1.82, 2.24) is 35.9 Å². The second-order valence-corrected chi connectivity index (χ2v) is 14.4. The Morgan fingerprint density at radius 2 is 1.63 bits per heavy atom. The molecule has 0 spiro atoms. The van der Waals surface area contributed by atoms with Crippen LogP contribution in [0, 0.1) is 20.8 Å². The first kappa shape index (κ1) is 39.1. The number of nitrogens with zero attached hydrogens (tertiary/aromatic N) is 4. The van der Waals surface area contributed by atoms with Crippen LogP contribution in [-0.2, 0) is 37.4 Å². The van der Waals surface area contributed by atoms with Gasteiger partial charge < -0.3 is 32.7 Å². The topological polar surface area (TPSA) is 237 Å². The number of amides is 5. The molecule has 0 radical (unpaired) electrons. The molecule has 0 aliphatic carbocycles. The van der Waals surface area contributed by atoms with Crippen LogP contribution in [-0.4, -0.2) is 74.6 Å². The van der Waals surface area contributed by atoms with Crippen LogP contribution >= 0.6 is 0 Å². The van der Waals surface area contributed by atoms with E-state index in [1.807, 2.05) is 32.9 Å². The summed E-state index contributed by atoms with van der Waals surface area (Å²) in [6.07, 6.45) is 3.50. The zero-order valence-corrected chi connectivity index (χ0v) is 31.3. The Balaban J connectivity index is 1.45. The third-order valence-corrected chi connectivity index (χ3v) is 8.97. The average molecular weight is 735 g/mol. The lowest BCUT2D eigenvalue weighted by Gasteiger charge is -2.23. The highest BCUT2D eigenvalue weighted by atomic mass is 16.2. The number of aromatic nitrogens is 4. The van der Waals surface area contributed by atoms with Crippen LogP contribution in [0.15, 0.2) is 48.8 Å². The third-order valence-electron chi connectivity index (χ3n) is 8.97. The fraction of sp³-hybridized carbons (Fsp3) is 0.359. The summed E-state index contributed by atoms with van der Waals surface area (Å²) >= 11 is 0. The Morgan fingerprint density at radius 1 is 0.944 bits per heavy atom. The molecule has 1 unspecified atom stereocenters. The van der Waals surface area contributed by atoms with E-state index in [2.05, 4.69) is 41.2 Å². The van der Waals surface area contributed by atoms with Crippen LogP contribution < -0.4 is 32.7 Å². The second-order valence-electron chi connectivity index (χ2n) is 14.4. The first-order valence-corrected chi connectivity index (χ1v) is 17.6. The molecular formula is C39H46N10O5. The van der Waals surface area contributed by atoms with Crippen molar-refractivity contribution in [3.63, 3.8) is 0 Å². The molecule has 1 aliphatic rings. The molecule has 0 fully saturated rings. The number of aryl methyl sites for hydroxylation is 3. The molecule has 4 bridgehead atoms. The van der Waals surface area contributed by atoms with Crippen LogP contribution in [0.25, 0.3) is 22.5 Å². The smallest absolute Gasteiger partial charge is 0.255 e. The Hall–Kier alpha value is -6.09. The van der Waals surface area contributed by atoms with E-state index in [0.717, 1.165) is 0 Å². The van der Waals surface area contributed by atoms with Gasteiger partial charge in [0.15, 0.2) is 5.82 Å². The monoisotopic (exact) mass is 734 g/mol. The molecule has 8 N–H and O–H groups in total. The molecule has 2 aromatic heterocycles. The number of carbonyl (C=O) groups is 5. The molecule has 5 rings (SSSR count). The van der Waals surface area contributed by atoms with Crippen molar-refractivity contribution in [3.8, 4) is 22.5 Å². The predicted octanol–water partition coefficient (Wildman–Crippen LogP) is 2.09. The molecule has 3 heterocycles. The standard InChI is InChI=1S/C39H46N10O5/c1-20-12-24-14-27(25-9-7-8-23(13-25)16-30(50)42-19-31(51)47-29(15-24)34(41)52)33(20)49-36(53)28(10-11-40)48-37(54)32-21(2)45-35(46-22(32)3)26-17-43-38(44-18-26)39(4,5)6/h7-9,12-14,17-18,28-29H,10-11,15-16,19,40H2,1-6H3,(H2,41,52)(H,42,50)(H,47,51)(H,48,54)(H,49,53)/t28-,29?/m0/s1. The quantitative estimate of drug-likeness (QED) is 0.154. The molecule has 0 saturated heterocycles. The van der Waals surface area contributed by atoms with Gasteiger partial charge in [-0.25, -0.2) is 19.9 Å². The van der Waals surface area contributed by atoms with Gasteiger partial charge in [0.05, 0.1) is 41.2 Å². The van der Waals surface area contributed by atoms with Gasteiger partial charge in [0.2, 0.25) is 23.6 Å². The van der Waals surface area contributed by atoms with E-state index in [-0.39, 0.29) is 49.2 Å². The molecule has 4 aromatic rings. The number of hydrogen-bond acceptors (Lipinski definition) is 10. The van der Waals surface area contributed by atoms with Gasteiger partial charge in [0.25, 0.3) is 5.91 Å². The summed E-state index contributed by atoms with van der Waals surface area (Å²) < 4.78 is 0. The van der Waals surface area contributed by atoms with Gasteiger partial charge in [-0.15, -0.1) is 0 Å². The fourth-order valence-corrected chi connectivity index (χ4v) is 6.23. The van der Waals surface area contributed by atoms with E-state index in [0.29, 0.717) is 62.1 Å². The SMILES string of the molecule is Cc1cc2cc(c1NC(=O)[C@H](CCN)NC(=O)c1c(C)nc(-c3cnc(C(C)(C)C)nc3)nc1C)-c1cccc(c1)CC(=O)NCC(=O)NC(C(N)=O)C2. The third kappa shape index (κ3) is 9.28. The molecule has 1 aliphatic heterocycles. The van der Waals surface area contributed by atoms with Crippen LogP contribution in [0.4, 0.5) is 5.69 Å². The number of hydrogen-bond donors (Lipinski definition) is 6. The van der Waals surface area contributed by atoms with Crippen molar-refractivity contribution in [1.29, 1.82) is 0 Å². The number of benzene rings is 2. The van der Waals surface area contributed by atoms with Gasteiger partial charge in [-0.05, 0) is 62.1 Å². The Morgan fingerprint density at radius 3 is 2.26 bits per heavy atom. The van der Waals surface area contributed by atoms with Crippen LogP contribution in [0.1, 0.15) is 71.5 Å². The van der Waals surface area contributed by atoms with Crippen LogP contribution in [0.3, 0.4) is 0 Å². The first-order valence-electron chi connectivity index (χ1n) is 17.6. The Labute approximate surface area is 313 Å². The summed E-state index contributed by atoms with van der Waals surface area (Å²) in [6, 6.07) is 8.76. The highest BCUT2D eigenvalue weighted by Gasteiger charge is 2.27. The van der Waals surface area contributed by atoms with Gasteiger partial charge in [-0.1, -0.05) is 51.1 Å². The lowest BCUT2D eigenvalue weighted by Crippen LogP contribution is -2.49. The number of fused-ring (bicyclic) bond motifs is 5. The fourth-order valence-electron chi connectivity index (χ4n) is 6.23. The summed E-state index contributed by atoms with van der Waals surface area (Å²) in [4.78, 5) is 83.4. The normalized spacial score (nSPS) is 15.3. The van der Waals surface area contributed by atoms with E-state index in [1.165, 1.54) is 0 Å². The second kappa shape index (κ2) is 16.3. The van der Waals surface area contributed by atoms with Crippen molar-refractivity contribution in [2.75, 3.05) is 18.4 Å². The first-order chi connectivity index (χ1) is 25.5. The van der Waals surface area contributed by atoms with E-state index in [4.69, 9.17) is 11.5 Å². The van der Waals surface area contributed by atoms with E-state index in [1.54, 1.807) is 57.4 Å². The number of primary amides is 1. The lowest BCUT2D eigenvalue weighted by atomic mass is 9.93.